The van der Waals surface area contributed by atoms with E-state index in [-0.39, 0.29) is 17.2 Å². The molecular formula is C23H29NO4. The van der Waals surface area contributed by atoms with Crippen LogP contribution in [0.15, 0.2) is 42.5 Å². The van der Waals surface area contributed by atoms with Crippen LogP contribution in [0.5, 0.6) is 5.75 Å². The van der Waals surface area contributed by atoms with Gasteiger partial charge in [-0.15, -0.1) is 0 Å². The molecule has 0 aromatic heterocycles. The third-order valence-corrected chi connectivity index (χ3v) is 4.74. The van der Waals surface area contributed by atoms with E-state index >= 15 is 0 Å². The summed E-state index contributed by atoms with van der Waals surface area (Å²) in [7, 11) is 1.46. The van der Waals surface area contributed by atoms with Gasteiger partial charge >= 0.3 is 5.97 Å². The van der Waals surface area contributed by atoms with Gasteiger partial charge in [-0.1, -0.05) is 51.2 Å². The zero-order valence-electron chi connectivity index (χ0n) is 16.7. The lowest BCUT2D eigenvalue weighted by molar-refractivity contribution is 0.0697. The number of hydrogen-bond donors (Lipinski definition) is 2. The molecule has 0 atom stereocenters. The Morgan fingerprint density at radius 3 is 2.29 bits per heavy atom. The normalized spacial score (nSPS) is 10.5. The molecule has 0 aliphatic carbocycles. The summed E-state index contributed by atoms with van der Waals surface area (Å²) in [5, 5.41) is 12.0. The van der Waals surface area contributed by atoms with Gasteiger partial charge in [0.2, 0.25) is 0 Å². The molecule has 150 valence electrons. The van der Waals surface area contributed by atoms with Crippen LogP contribution in [0.3, 0.4) is 0 Å². The van der Waals surface area contributed by atoms with Gasteiger partial charge in [0.1, 0.15) is 5.75 Å². The molecule has 0 saturated heterocycles. The van der Waals surface area contributed by atoms with Crippen molar-refractivity contribution in [2.24, 2.45) is 0 Å². The Bertz CT molecular complexity index is 784. The van der Waals surface area contributed by atoms with Crippen LogP contribution in [0.2, 0.25) is 0 Å². The van der Waals surface area contributed by atoms with E-state index in [2.05, 4.69) is 12.2 Å². The molecule has 0 fully saturated rings. The monoisotopic (exact) mass is 383 g/mol. The number of unbranched alkanes of at least 4 members (excludes halogenated alkanes) is 5. The molecule has 0 saturated carbocycles. The highest BCUT2D eigenvalue weighted by Crippen LogP contribution is 2.23. The van der Waals surface area contributed by atoms with Gasteiger partial charge in [0.05, 0.1) is 18.4 Å². The standard InChI is InChI=1S/C23H29NO4/c1-3-4-5-6-7-8-9-17-10-12-18(13-11-17)22(25)24-21-15-14-19(28-2)16-20(21)23(26)27/h10-16H,3-9H2,1-2H3,(H,24,25)(H,26,27). The van der Waals surface area contributed by atoms with E-state index in [0.29, 0.717) is 11.3 Å². The number of amides is 1. The van der Waals surface area contributed by atoms with Crippen molar-refractivity contribution in [2.45, 2.75) is 51.9 Å². The maximum atomic E-state index is 12.5. The molecule has 2 N–H and O–H groups in total. The Labute approximate surface area is 166 Å². The number of aryl methyl sites for hydroxylation is 1. The van der Waals surface area contributed by atoms with Crippen molar-refractivity contribution in [3.63, 3.8) is 0 Å². The van der Waals surface area contributed by atoms with Gasteiger partial charge in [0, 0.05) is 5.56 Å². The average molecular weight is 383 g/mol. The summed E-state index contributed by atoms with van der Waals surface area (Å²) < 4.78 is 5.05. The maximum Gasteiger partial charge on any atom is 0.337 e. The summed E-state index contributed by atoms with van der Waals surface area (Å²) in [5.41, 5.74) is 1.95. The van der Waals surface area contributed by atoms with Gasteiger partial charge in [-0.05, 0) is 48.7 Å². The number of hydrogen-bond acceptors (Lipinski definition) is 3. The number of ether oxygens (including phenoxy) is 1. The molecule has 0 unspecified atom stereocenters. The number of anilines is 1. The summed E-state index contributed by atoms with van der Waals surface area (Å²) in [6.45, 7) is 2.22. The highest BCUT2D eigenvalue weighted by molar-refractivity contribution is 6.07. The van der Waals surface area contributed by atoms with Crippen LogP contribution < -0.4 is 10.1 Å². The maximum absolute atomic E-state index is 12.5. The number of carboxylic acids is 1. The lowest BCUT2D eigenvalue weighted by atomic mass is 10.0. The molecule has 0 aliphatic rings. The quantitative estimate of drug-likeness (QED) is 0.499. The minimum Gasteiger partial charge on any atom is -0.497 e. The SMILES string of the molecule is CCCCCCCCc1ccc(C(=O)Nc2ccc(OC)cc2C(=O)O)cc1. The fraction of sp³-hybridized carbons (Fsp3) is 0.391. The predicted molar refractivity (Wildman–Crippen MR) is 111 cm³/mol. The number of benzene rings is 2. The number of carboxylic acid groups (broad SMARTS) is 1. The highest BCUT2D eigenvalue weighted by Gasteiger charge is 2.15. The van der Waals surface area contributed by atoms with Crippen LogP contribution in [-0.4, -0.2) is 24.1 Å². The van der Waals surface area contributed by atoms with Crippen molar-refractivity contribution < 1.29 is 19.4 Å². The lowest BCUT2D eigenvalue weighted by Gasteiger charge is -2.10. The second kappa shape index (κ2) is 11.1. The molecule has 5 nitrogen and oxygen atoms in total. The topological polar surface area (TPSA) is 75.6 Å². The summed E-state index contributed by atoms with van der Waals surface area (Å²) in [6, 6.07) is 12.0. The minimum absolute atomic E-state index is 0.00704. The van der Waals surface area contributed by atoms with E-state index in [9.17, 15) is 14.7 Å². The van der Waals surface area contributed by atoms with E-state index < -0.39 is 5.97 Å². The number of carbonyl (C=O) groups is 2. The van der Waals surface area contributed by atoms with Crippen LogP contribution in [0, 0.1) is 0 Å². The Balaban J connectivity index is 1.93. The first-order valence-corrected chi connectivity index (χ1v) is 9.86. The predicted octanol–water partition coefficient (Wildman–Crippen LogP) is 5.55. The molecule has 2 rings (SSSR count). The molecule has 5 heteroatoms. The van der Waals surface area contributed by atoms with Crippen LogP contribution in [0.25, 0.3) is 0 Å². The first-order valence-electron chi connectivity index (χ1n) is 9.86. The van der Waals surface area contributed by atoms with Gasteiger partial charge < -0.3 is 15.2 Å². The van der Waals surface area contributed by atoms with Crippen LogP contribution in [0.4, 0.5) is 5.69 Å². The van der Waals surface area contributed by atoms with Crippen LogP contribution >= 0.6 is 0 Å². The second-order valence-corrected chi connectivity index (χ2v) is 6.89. The average Bonchev–Trinajstić information content (AvgIpc) is 2.71. The summed E-state index contributed by atoms with van der Waals surface area (Å²) in [6.07, 6.45) is 8.55. The molecule has 0 spiro atoms. The summed E-state index contributed by atoms with van der Waals surface area (Å²) in [5.74, 6) is -1.03. The molecule has 1 amide bonds. The van der Waals surface area contributed by atoms with Crippen molar-refractivity contribution in [2.75, 3.05) is 12.4 Å². The van der Waals surface area contributed by atoms with Crippen molar-refractivity contribution in [3.8, 4) is 5.75 Å². The van der Waals surface area contributed by atoms with E-state index in [1.165, 1.54) is 56.9 Å². The lowest BCUT2D eigenvalue weighted by Crippen LogP contribution is -2.15. The Kier molecular flexibility index (Phi) is 8.53. The zero-order valence-corrected chi connectivity index (χ0v) is 16.7. The van der Waals surface area contributed by atoms with Gasteiger partial charge in [-0.3, -0.25) is 4.79 Å². The van der Waals surface area contributed by atoms with Gasteiger partial charge in [-0.25, -0.2) is 4.79 Å². The number of aromatic carboxylic acids is 1. The molecule has 0 bridgehead atoms. The second-order valence-electron chi connectivity index (χ2n) is 6.89. The van der Waals surface area contributed by atoms with Crippen molar-refractivity contribution in [1.82, 2.24) is 0 Å². The van der Waals surface area contributed by atoms with Gasteiger partial charge in [0.15, 0.2) is 0 Å². The highest BCUT2D eigenvalue weighted by atomic mass is 16.5. The molecule has 0 aliphatic heterocycles. The zero-order chi connectivity index (χ0) is 20.4. The number of rotatable bonds is 11. The largest absolute Gasteiger partial charge is 0.497 e. The first-order chi connectivity index (χ1) is 13.5. The number of nitrogens with one attached hydrogen (secondary N) is 1. The van der Waals surface area contributed by atoms with E-state index in [0.717, 1.165) is 12.8 Å². The summed E-state index contributed by atoms with van der Waals surface area (Å²) in [4.78, 5) is 23.9. The molecule has 2 aromatic rings. The molecule has 28 heavy (non-hydrogen) atoms. The molecule has 2 aromatic carbocycles. The minimum atomic E-state index is -1.12. The van der Waals surface area contributed by atoms with E-state index in [4.69, 9.17) is 4.74 Å². The Hall–Kier alpha value is -2.82. The number of carbonyl (C=O) groups excluding carboxylic acids is 1. The van der Waals surface area contributed by atoms with Crippen molar-refractivity contribution in [1.29, 1.82) is 0 Å². The van der Waals surface area contributed by atoms with Gasteiger partial charge in [0.25, 0.3) is 5.91 Å². The third kappa shape index (κ3) is 6.41. The fourth-order valence-corrected chi connectivity index (χ4v) is 3.06. The Morgan fingerprint density at radius 1 is 0.964 bits per heavy atom. The van der Waals surface area contributed by atoms with E-state index in [1.807, 2.05) is 12.1 Å². The molecular weight excluding hydrogens is 354 g/mol. The number of methoxy groups -OCH3 is 1. The smallest absolute Gasteiger partial charge is 0.337 e. The van der Waals surface area contributed by atoms with Gasteiger partial charge in [-0.2, -0.15) is 0 Å². The third-order valence-electron chi connectivity index (χ3n) is 4.74. The van der Waals surface area contributed by atoms with Crippen molar-refractivity contribution in [3.05, 3.63) is 59.2 Å². The van der Waals surface area contributed by atoms with Crippen LogP contribution in [0.1, 0.15) is 71.7 Å². The Morgan fingerprint density at radius 2 is 1.64 bits per heavy atom. The fourth-order valence-electron chi connectivity index (χ4n) is 3.06. The van der Waals surface area contributed by atoms with E-state index in [1.54, 1.807) is 18.2 Å². The summed E-state index contributed by atoms with van der Waals surface area (Å²) >= 11 is 0. The molecule has 0 heterocycles. The van der Waals surface area contributed by atoms with Crippen molar-refractivity contribution >= 4 is 17.6 Å². The first kappa shape index (κ1) is 21.5. The molecule has 0 radical (unpaired) electrons. The van der Waals surface area contributed by atoms with Crippen LogP contribution in [-0.2, 0) is 6.42 Å².